The highest BCUT2D eigenvalue weighted by atomic mass is 127. The van der Waals surface area contributed by atoms with E-state index in [2.05, 4.69) is 54.5 Å². The molecule has 0 radical (unpaired) electrons. The van der Waals surface area contributed by atoms with Gasteiger partial charge >= 0.3 is 0 Å². The number of hydrogen-bond acceptors (Lipinski definition) is 2. The van der Waals surface area contributed by atoms with E-state index in [-0.39, 0.29) is 5.78 Å². The molecule has 0 amide bonds. The summed E-state index contributed by atoms with van der Waals surface area (Å²) in [6.07, 6.45) is 0. The van der Waals surface area contributed by atoms with Gasteiger partial charge in [0.25, 0.3) is 0 Å². The number of hydrogen-bond donors (Lipinski definition) is 0. The Morgan fingerprint density at radius 2 is 2.00 bits per heavy atom. The van der Waals surface area contributed by atoms with Crippen LogP contribution in [0, 0.1) is 3.57 Å². The van der Waals surface area contributed by atoms with E-state index in [4.69, 9.17) is 11.6 Å². The van der Waals surface area contributed by atoms with Gasteiger partial charge in [0.05, 0.1) is 13.7 Å². The van der Waals surface area contributed by atoms with Crippen molar-refractivity contribution in [3.8, 4) is 0 Å². The van der Waals surface area contributed by atoms with Gasteiger partial charge in [-0.1, -0.05) is 11.6 Å². The van der Waals surface area contributed by atoms with Crippen molar-refractivity contribution in [1.82, 2.24) is 0 Å². The van der Waals surface area contributed by atoms with Gasteiger partial charge in [0.2, 0.25) is 5.78 Å². The first kappa shape index (κ1) is 14.0. The van der Waals surface area contributed by atoms with Gasteiger partial charge in [0.1, 0.15) is 0 Å². The zero-order valence-corrected chi connectivity index (χ0v) is 15.0. The number of thiophene rings is 1. The molecule has 88 valence electrons. The maximum Gasteiger partial charge on any atom is 0.203 e. The summed E-state index contributed by atoms with van der Waals surface area (Å²) in [5, 5.41) is 0.603. The van der Waals surface area contributed by atoms with Crippen LogP contribution in [0.3, 0.4) is 0 Å². The fourth-order valence-electron chi connectivity index (χ4n) is 1.24. The zero-order chi connectivity index (χ0) is 12.6. The second-order valence-corrected chi connectivity index (χ2v) is 7.98. The molecule has 0 unspecified atom stereocenters. The van der Waals surface area contributed by atoms with Crippen LogP contribution in [-0.4, -0.2) is 5.78 Å². The van der Waals surface area contributed by atoms with Crippen molar-refractivity contribution in [3.05, 3.63) is 51.6 Å². The average molecular weight is 506 g/mol. The van der Waals surface area contributed by atoms with E-state index in [1.807, 2.05) is 12.1 Å². The molecule has 0 fully saturated rings. The molecular weight excluding hydrogens is 502 g/mol. The Balaban J connectivity index is 2.40. The Morgan fingerprint density at radius 1 is 1.29 bits per heavy atom. The molecule has 0 saturated carbocycles. The van der Waals surface area contributed by atoms with Crippen LogP contribution in [0.2, 0.25) is 5.02 Å². The van der Waals surface area contributed by atoms with E-state index in [0.717, 1.165) is 11.8 Å². The summed E-state index contributed by atoms with van der Waals surface area (Å²) in [7, 11) is 0. The smallest absolute Gasteiger partial charge is 0.203 e. The fraction of sp³-hybridized carbons (Fsp3) is 0. The summed E-state index contributed by atoms with van der Waals surface area (Å²) in [6.45, 7) is 0. The lowest BCUT2D eigenvalue weighted by molar-refractivity contribution is 0.104. The minimum Gasteiger partial charge on any atom is -0.288 e. The van der Waals surface area contributed by atoms with Crippen LogP contribution in [0.5, 0.6) is 0 Å². The zero-order valence-electron chi connectivity index (χ0n) is 8.14. The summed E-state index contributed by atoms with van der Waals surface area (Å²) in [4.78, 5) is 12.9. The van der Waals surface area contributed by atoms with E-state index >= 15 is 0 Å². The monoisotopic (exact) mass is 504 g/mol. The molecule has 0 bridgehead atoms. The molecule has 1 heterocycles. The average Bonchev–Trinajstić information content (AvgIpc) is 2.62. The second-order valence-electron chi connectivity index (χ2n) is 3.19. The Hall–Kier alpha value is 0.570. The van der Waals surface area contributed by atoms with Gasteiger partial charge in [0, 0.05) is 13.6 Å². The molecule has 0 spiro atoms. The van der Waals surface area contributed by atoms with Crippen molar-refractivity contribution in [1.29, 1.82) is 0 Å². The Kier molecular flexibility index (Phi) is 4.68. The lowest BCUT2D eigenvalue weighted by atomic mass is 10.1. The van der Waals surface area contributed by atoms with Crippen molar-refractivity contribution in [2.45, 2.75) is 0 Å². The van der Waals surface area contributed by atoms with Gasteiger partial charge in [-0.3, -0.25) is 4.79 Å². The van der Waals surface area contributed by atoms with Crippen LogP contribution in [0.15, 0.2) is 32.5 Å². The summed E-state index contributed by atoms with van der Waals surface area (Å²) in [6, 6.07) is 7.14. The van der Waals surface area contributed by atoms with E-state index in [0.29, 0.717) is 15.5 Å². The van der Waals surface area contributed by atoms with Crippen molar-refractivity contribution in [2.75, 3.05) is 0 Å². The number of ketones is 1. The van der Waals surface area contributed by atoms with Gasteiger partial charge in [0.15, 0.2) is 0 Å². The maximum atomic E-state index is 12.2. The lowest BCUT2D eigenvalue weighted by Crippen LogP contribution is -1.98. The highest BCUT2D eigenvalue weighted by Gasteiger charge is 2.15. The van der Waals surface area contributed by atoms with Crippen LogP contribution in [-0.2, 0) is 0 Å². The van der Waals surface area contributed by atoms with Gasteiger partial charge < -0.3 is 0 Å². The van der Waals surface area contributed by atoms with E-state index in [1.54, 1.807) is 12.1 Å². The SMILES string of the molecule is O=C(c1ccc(I)c(Cl)c1)c1cc(Br)c(Br)s1. The molecule has 0 atom stereocenters. The topological polar surface area (TPSA) is 17.1 Å². The van der Waals surface area contributed by atoms with Gasteiger partial charge in [-0.05, 0) is 78.7 Å². The van der Waals surface area contributed by atoms with Crippen molar-refractivity contribution in [2.24, 2.45) is 0 Å². The molecule has 0 aliphatic carbocycles. The quantitative estimate of drug-likeness (QED) is 0.374. The number of carbonyl (C=O) groups is 1. The first-order valence-electron chi connectivity index (χ1n) is 4.43. The van der Waals surface area contributed by atoms with E-state index in [9.17, 15) is 4.79 Å². The van der Waals surface area contributed by atoms with Crippen molar-refractivity contribution >= 4 is 83.2 Å². The lowest BCUT2D eigenvalue weighted by Gasteiger charge is -2.00. The minimum absolute atomic E-state index is 0.0142. The molecular formula is C11H4Br2ClIOS. The minimum atomic E-state index is -0.0142. The standard InChI is InChI=1S/C11H4Br2ClIOS/c12-6-4-9(17-11(6)13)10(16)5-1-2-8(15)7(14)3-5/h1-4H. The predicted octanol–water partition coefficient (Wildman–Crippen LogP) is 5.76. The van der Waals surface area contributed by atoms with Crippen LogP contribution in [0.25, 0.3) is 0 Å². The molecule has 1 aromatic carbocycles. The van der Waals surface area contributed by atoms with Crippen LogP contribution < -0.4 is 0 Å². The highest BCUT2D eigenvalue weighted by molar-refractivity contribution is 14.1. The summed E-state index contributed by atoms with van der Waals surface area (Å²) in [5.74, 6) is -0.0142. The van der Waals surface area contributed by atoms with E-state index < -0.39 is 0 Å². The van der Waals surface area contributed by atoms with Gasteiger partial charge in [-0.15, -0.1) is 11.3 Å². The molecule has 2 aromatic rings. The largest absolute Gasteiger partial charge is 0.288 e. The van der Waals surface area contributed by atoms with Crippen LogP contribution in [0.4, 0.5) is 0 Å². The molecule has 17 heavy (non-hydrogen) atoms. The molecule has 2 rings (SSSR count). The third-order valence-electron chi connectivity index (χ3n) is 2.05. The molecule has 1 nitrogen and oxygen atoms in total. The molecule has 6 heteroatoms. The first-order chi connectivity index (χ1) is 7.99. The molecule has 1 aromatic heterocycles. The number of rotatable bonds is 2. The summed E-state index contributed by atoms with van der Waals surface area (Å²) < 4.78 is 2.74. The number of carbonyl (C=O) groups excluding carboxylic acids is 1. The van der Waals surface area contributed by atoms with Crippen LogP contribution >= 0.6 is 77.4 Å². The normalized spacial score (nSPS) is 10.6. The molecule has 0 saturated heterocycles. The molecule has 0 aliphatic heterocycles. The Bertz CT molecular complexity index is 578. The Morgan fingerprint density at radius 3 is 2.53 bits per heavy atom. The number of benzene rings is 1. The third-order valence-corrected chi connectivity index (χ3v) is 6.88. The predicted molar refractivity (Wildman–Crippen MR) is 87.3 cm³/mol. The van der Waals surface area contributed by atoms with E-state index in [1.165, 1.54) is 11.3 Å². The fourth-order valence-corrected chi connectivity index (χ4v) is 3.75. The summed E-state index contributed by atoms with van der Waals surface area (Å²) >= 11 is 16.3. The van der Waals surface area contributed by atoms with Crippen molar-refractivity contribution in [3.63, 3.8) is 0 Å². The van der Waals surface area contributed by atoms with Crippen LogP contribution in [0.1, 0.15) is 15.2 Å². The van der Waals surface area contributed by atoms with Gasteiger partial charge in [-0.2, -0.15) is 0 Å². The Labute approximate surface area is 138 Å². The maximum absolute atomic E-state index is 12.2. The summed E-state index contributed by atoms with van der Waals surface area (Å²) in [5.41, 5.74) is 0.608. The first-order valence-corrected chi connectivity index (χ1v) is 8.29. The van der Waals surface area contributed by atoms with Crippen molar-refractivity contribution < 1.29 is 4.79 Å². The molecule has 0 aliphatic rings. The molecule has 0 N–H and O–H groups in total. The second kappa shape index (κ2) is 5.69. The number of halogens is 4. The van der Waals surface area contributed by atoms with Gasteiger partial charge in [-0.25, -0.2) is 0 Å². The highest BCUT2D eigenvalue weighted by Crippen LogP contribution is 2.34. The third kappa shape index (κ3) is 3.12.